The predicted octanol–water partition coefficient (Wildman–Crippen LogP) is 4.47. The Morgan fingerprint density at radius 2 is 1.84 bits per heavy atom. The number of ether oxygens (including phenoxy) is 3. The lowest BCUT2D eigenvalue weighted by molar-refractivity contribution is -0.139. The SMILES string of the molecule is CCCOC(=O)C1=C(C)NC(=O)NC1c1ccc(OCc2cc(C)ccc2C)c(OC)c1. The second-order valence-corrected chi connectivity index (χ2v) is 7.83. The van der Waals surface area contributed by atoms with E-state index in [9.17, 15) is 9.59 Å². The minimum Gasteiger partial charge on any atom is -0.493 e. The van der Waals surface area contributed by atoms with E-state index in [-0.39, 0.29) is 6.03 Å². The van der Waals surface area contributed by atoms with Crippen LogP contribution >= 0.6 is 0 Å². The Morgan fingerprint density at radius 1 is 1.06 bits per heavy atom. The van der Waals surface area contributed by atoms with Crippen molar-refractivity contribution in [2.24, 2.45) is 0 Å². The number of carbonyl (C=O) groups excluding carboxylic acids is 2. The maximum Gasteiger partial charge on any atom is 0.338 e. The van der Waals surface area contributed by atoms with E-state index in [1.807, 2.05) is 26.8 Å². The van der Waals surface area contributed by atoms with Crippen molar-refractivity contribution in [3.8, 4) is 11.5 Å². The van der Waals surface area contributed by atoms with Crippen LogP contribution in [0.15, 0.2) is 47.7 Å². The second-order valence-electron chi connectivity index (χ2n) is 7.83. The third kappa shape index (κ3) is 5.22. The van der Waals surface area contributed by atoms with E-state index in [1.54, 1.807) is 26.2 Å². The van der Waals surface area contributed by atoms with Crippen molar-refractivity contribution in [1.82, 2.24) is 10.6 Å². The Bertz CT molecular complexity index is 1040. The first-order valence-corrected chi connectivity index (χ1v) is 10.7. The van der Waals surface area contributed by atoms with Gasteiger partial charge in [0.15, 0.2) is 11.5 Å². The molecule has 1 atom stereocenters. The lowest BCUT2D eigenvalue weighted by Crippen LogP contribution is -2.45. The molecule has 7 nitrogen and oxygen atoms in total. The number of amides is 2. The van der Waals surface area contributed by atoms with E-state index in [2.05, 4.69) is 28.8 Å². The standard InChI is InChI=1S/C25H30N2O5/c1-6-11-31-24(28)22-17(4)26-25(29)27-23(22)18-9-10-20(21(13-18)30-5)32-14-19-12-15(2)7-8-16(19)3/h7-10,12-13,23H,6,11,14H2,1-5H3,(H2,26,27,29). The van der Waals surface area contributed by atoms with Crippen LogP contribution < -0.4 is 20.1 Å². The Kier molecular flexibility index (Phi) is 7.41. The molecule has 1 aliphatic heterocycles. The molecule has 0 saturated heterocycles. The van der Waals surface area contributed by atoms with Gasteiger partial charge in [0.05, 0.1) is 25.3 Å². The Hall–Kier alpha value is -3.48. The van der Waals surface area contributed by atoms with Crippen molar-refractivity contribution in [3.63, 3.8) is 0 Å². The van der Waals surface area contributed by atoms with Crippen LogP contribution in [0.5, 0.6) is 11.5 Å². The minimum atomic E-state index is -0.657. The number of carbonyl (C=O) groups is 2. The van der Waals surface area contributed by atoms with Gasteiger partial charge < -0.3 is 24.8 Å². The van der Waals surface area contributed by atoms with Gasteiger partial charge in [-0.2, -0.15) is 0 Å². The third-order valence-corrected chi connectivity index (χ3v) is 5.34. The number of rotatable bonds is 8. The highest BCUT2D eigenvalue weighted by molar-refractivity contribution is 5.95. The quantitative estimate of drug-likeness (QED) is 0.594. The fraction of sp³-hybridized carbons (Fsp3) is 0.360. The summed E-state index contributed by atoms with van der Waals surface area (Å²) in [5, 5.41) is 5.46. The molecule has 1 heterocycles. The molecule has 2 aromatic rings. The molecular formula is C25H30N2O5. The molecule has 0 fully saturated rings. The summed E-state index contributed by atoms with van der Waals surface area (Å²) in [6.45, 7) is 8.42. The fourth-order valence-corrected chi connectivity index (χ4v) is 3.58. The molecule has 1 aliphatic rings. The highest BCUT2D eigenvalue weighted by Crippen LogP contribution is 2.35. The molecule has 7 heteroatoms. The summed E-state index contributed by atoms with van der Waals surface area (Å²) >= 11 is 0. The number of benzene rings is 2. The van der Waals surface area contributed by atoms with Crippen molar-refractivity contribution in [2.45, 2.75) is 46.8 Å². The van der Waals surface area contributed by atoms with E-state index in [0.717, 1.165) is 11.1 Å². The lowest BCUT2D eigenvalue weighted by Gasteiger charge is -2.28. The zero-order chi connectivity index (χ0) is 23.3. The Labute approximate surface area is 188 Å². The number of hydrogen-bond acceptors (Lipinski definition) is 5. The van der Waals surface area contributed by atoms with E-state index >= 15 is 0 Å². The van der Waals surface area contributed by atoms with Crippen molar-refractivity contribution in [1.29, 1.82) is 0 Å². The maximum absolute atomic E-state index is 12.7. The molecule has 0 saturated carbocycles. The van der Waals surface area contributed by atoms with Crippen LogP contribution in [0.25, 0.3) is 0 Å². The number of esters is 1. The average molecular weight is 439 g/mol. The Balaban J connectivity index is 1.87. The zero-order valence-corrected chi connectivity index (χ0v) is 19.2. The molecule has 170 valence electrons. The van der Waals surface area contributed by atoms with Crippen LogP contribution in [-0.2, 0) is 16.1 Å². The van der Waals surface area contributed by atoms with Gasteiger partial charge in [0.2, 0.25) is 0 Å². The van der Waals surface area contributed by atoms with Crippen LogP contribution in [-0.4, -0.2) is 25.7 Å². The van der Waals surface area contributed by atoms with Gasteiger partial charge in [-0.25, -0.2) is 9.59 Å². The molecule has 3 rings (SSSR count). The van der Waals surface area contributed by atoms with Crippen molar-refractivity contribution in [2.75, 3.05) is 13.7 Å². The minimum absolute atomic E-state index is 0.310. The van der Waals surface area contributed by atoms with Crippen LogP contribution in [0.3, 0.4) is 0 Å². The molecule has 1 unspecified atom stereocenters. The van der Waals surface area contributed by atoms with Crippen LogP contribution in [0.4, 0.5) is 4.79 Å². The summed E-state index contributed by atoms with van der Waals surface area (Å²) in [6.07, 6.45) is 0.711. The third-order valence-electron chi connectivity index (χ3n) is 5.34. The highest BCUT2D eigenvalue weighted by atomic mass is 16.5. The van der Waals surface area contributed by atoms with E-state index in [1.165, 1.54) is 5.56 Å². The van der Waals surface area contributed by atoms with Gasteiger partial charge in [-0.05, 0) is 56.0 Å². The largest absolute Gasteiger partial charge is 0.493 e. The summed E-state index contributed by atoms with van der Waals surface area (Å²) in [6, 6.07) is 10.6. The van der Waals surface area contributed by atoms with E-state index in [0.29, 0.717) is 48.0 Å². The van der Waals surface area contributed by atoms with Gasteiger partial charge >= 0.3 is 12.0 Å². The van der Waals surface area contributed by atoms with Crippen LogP contribution in [0.2, 0.25) is 0 Å². The summed E-state index contributed by atoms with van der Waals surface area (Å²) in [7, 11) is 1.56. The predicted molar refractivity (Wildman–Crippen MR) is 122 cm³/mol. The van der Waals surface area contributed by atoms with Gasteiger partial charge in [-0.1, -0.05) is 36.8 Å². The molecule has 2 amide bonds. The molecular weight excluding hydrogens is 408 g/mol. The van der Waals surface area contributed by atoms with Crippen LogP contribution in [0.1, 0.15) is 48.6 Å². The number of allylic oxidation sites excluding steroid dienone is 1. The highest BCUT2D eigenvalue weighted by Gasteiger charge is 2.32. The molecule has 2 aromatic carbocycles. The van der Waals surface area contributed by atoms with Gasteiger partial charge in [0.1, 0.15) is 6.61 Å². The molecule has 0 aromatic heterocycles. The summed E-state index contributed by atoms with van der Waals surface area (Å²) < 4.78 is 16.9. The van der Waals surface area contributed by atoms with Gasteiger partial charge in [-0.15, -0.1) is 0 Å². The fourth-order valence-electron chi connectivity index (χ4n) is 3.58. The topological polar surface area (TPSA) is 85.9 Å². The number of urea groups is 1. The number of methoxy groups -OCH3 is 1. The molecule has 32 heavy (non-hydrogen) atoms. The average Bonchev–Trinajstić information content (AvgIpc) is 2.77. The van der Waals surface area contributed by atoms with Gasteiger partial charge in [-0.3, -0.25) is 0 Å². The molecule has 0 radical (unpaired) electrons. The number of nitrogens with one attached hydrogen (secondary N) is 2. The summed E-state index contributed by atoms with van der Waals surface area (Å²) in [5.74, 6) is 0.629. The molecule has 0 bridgehead atoms. The molecule has 2 N–H and O–H groups in total. The second kappa shape index (κ2) is 10.2. The van der Waals surface area contributed by atoms with Crippen molar-refractivity contribution in [3.05, 3.63) is 69.9 Å². The number of aryl methyl sites for hydroxylation is 2. The van der Waals surface area contributed by atoms with Crippen molar-refractivity contribution >= 4 is 12.0 Å². The first kappa shape index (κ1) is 23.2. The first-order chi connectivity index (χ1) is 15.3. The summed E-state index contributed by atoms with van der Waals surface area (Å²) in [4.78, 5) is 24.8. The van der Waals surface area contributed by atoms with Gasteiger partial charge in [0, 0.05) is 5.70 Å². The normalized spacial score (nSPS) is 15.7. The van der Waals surface area contributed by atoms with Gasteiger partial charge in [0.25, 0.3) is 0 Å². The first-order valence-electron chi connectivity index (χ1n) is 10.7. The van der Waals surface area contributed by atoms with Crippen molar-refractivity contribution < 1.29 is 23.8 Å². The Morgan fingerprint density at radius 3 is 2.56 bits per heavy atom. The molecule has 0 aliphatic carbocycles. The molecule has 0 spiro atoms. The summed E-state index contributed by atoms with van der Waals surface area (Å²) in [5.41, 5.74) is 4.94. The smallest absolute Gasteiger partial charge is 0.338 e. The van der Waals surface area contributed by atoms with E-state index in [4.69, 9.17) is 14.2 Å². The van der Waals surface area contributed by atoms with Crippen LogP contribution in [0, 0.1) is 13.8 Å². The number of hydrogen-bond donors (Lipinski definition) is 2. The maximum atomic E-state index is 12.7. The van der Waals surface area contributed by atoms with E-state index < -0.39 is 12.0 Å². The lowest BCUT2D eigenvalue weighted by atomic mass is 9.95. The monoisotopic (exact) mass is 438 g/mol. The zero-order valence-electron chi connectivity index (χ0n) is 19.2.